The van der Waals surface area contributed by atoms with E-state index >= 15 is 0 Å². The van der Waals surface area contributed by atoms with E-state index in [1.165, 1.54) is 13.0 Å². The first-order chi connectivity index (χ1) is 5.81. The van der Waals surface area contributed by atoms with Crippen molar-refractivity contribution in [2.75, 3.05) is 13.1 Å². The Morgan fingerprint density at radius 1 is 1.58 bits per heavy atom. The smallest absolute Gasteiger partial charge is 0.235 e. The number of fused-ring (bicyclic) bond motifs is 2. The van der Waals surface area contributed by atoms with E-state index in [2.05, 4.69) is 16.8 Å². The maximum absolute atomic E-state index is 10.1. The fraction of sp³-hybridized carbons (Fsp3) is 0.889. The van der Waals surface area contributed by atoms with Gasteiger partial charge in [0, 0.05) is 12.6 Å². The first kappa shape index (κ1) is 7.96. The van der Waals surface area contributed by atoms with Crippen molar-refractivity contribution in [1.29, 1.82) is 0 Å². The molecule has 4 atom stereocenters. The summed E-state index contributed by atoms with van der Waals surface area (Å²) in [5.41, 5.74) is 0. The third kappa shape index (κ3) is 1.19. The predicted octanol–water partition coefficient (Wildman–Crippen LogP) is 0.805. The summed E-state index contributed by atoms with van der Waals surface area (Å²) in [6.07, 6.45) is 4.04. The number of nitrogens with zero attached hydrogens (tertiary/aromatic N) is 2. The lowest BCUT2D eigenvalue weighted by molar-refractivity contribution is 0.173. The molecule has 12 heavy (non-hydrogen) atoms. The van der Waals surface area contributed by atoms with Gasteiger partial charge in [-0.15, -0.1) is 0 Å². The molecule has 0 aliphatic carbocycles. The Balaban J connectivity index is 2.07. The van der Waals surface area contributed by atoms with E-state index in [0.717, 1.165) is 18.9 Å². The van der Waals surface area contributed by atoms with Gasteiger partial charge < -0.3 is 0 Å². The third-order valence-corrected chi connectivity index (χ3v) is 3.30. The molecule has 0 spiro atoms. The van der Waals surface area contributed by atoms with E-state index in [-0.39, 0.29) is 6.04 Å². The monoisotopic (exact) mass is 166 g/mol. The Hall–Kier alpha value is -0.660. The second-order valence-corrected chi connectivity index (χ2v) is 3.89. The molecule has 2 aliphatic heterocycles. The van der Waals surface area contributed by atoms with Crippen molar-refractivity contribution in [1.82, 2.24) is 4.90 Å². The van der Waals surface area contributed by atoms with Gasteiger partial charge in [-0.25, -0.2) is 9.79 Å². The molecule has 3 heteroatoms. The number of aliphatic imine (C=N–C) groups is 1. The highest BCUT2D eigenvalue weighted by Crippen LogP contribution is 2.33. The number of isocyanates is 1. The summed E-state index contributed by atoms with van der Waals surface area (Å²) in [5.74, 6) is 0.765. The van der Waals surface area contributed by atoms with Gasteiger partial charge in [-0.1, -0.05) is 0 Å². The maximum atomic E-state index is 10.1. The third-order valence-electron chi connectivity index (χ3n) is 3.30. The Bertz CT molecular complexity index is 209. The topological polar surface area (TPSA) is 32.7 Å². The zero-order valence-electron chi connectivity index (χ0n) is 7.36. The van der Waals surface area contributed by atoms with Gasteiger partial charge >= 0.3 is 0 Å². The van der Waals surface area contributed by atoms with Crippen LogP contribution in [0.4, 0.5) is 0 Å². The van der Waals surface area contributed by atoms with Gasteiger partial charge in [0.2, 0.25) is 6.08 Å². The molecule has 0 radical (unpaired) electrons. The molecule has 2 aliphatic rings. The molecular formula is C9H14N2O. The molecule has 66 valence electrons. The summed E-state index contributed by atoms with van der Waals surface area (Å²) in [6.45, 7) is 4.43. The van der Waals surface area contributed by atoms with Crippen LogP contribution in [-0.4, -0.2) is 36.2 Å². The average Bonchev–Trinajstić information content (AvgIpc) is 2.33. The molecule has 0 saturated carbocycles. The Morgan fingerprint density at radius 3 is 3.08 bits per heavy atom. The van der Waals surface area contributed by atoms with E-state index in [1.807, 2.05) is 0 Å². The van der Waals surface area contributed by atoms with Crippen LogP contribution in [0.2, 0.25) is 0 Å². The number of carbonyl (C=O) groups excluding carboxylic acids is 1. The van der Waals surface area contributed by atoms with Crippen LogP contribution in [-0.2, 0) is 4.79 Å². The van der Waals surface area contributed by atoms with Gasteiger partial charge in [-0.2, -0.15) is 0 Å². The van der Waals surface area contributed by atoms with Crippen molar-refractivity contribution in [3.05, 3.63) is 0 Å². The minimum atomic E-state index is 0.228. The zero-order chi connectivity index (χ0) is 8.55. The highest BCUT2D eigenvalue weighted by molar-refractivity contribution is 5.33. The summed E-state index contributed by atoms with van der Waals surface area (Å²) < 4.78 is 0. The van der Waals surface area contributed by atoms with Crippen molar-refractivity contribution >= 4 is 6.08 Å². The van der Waals surface area contributed by atoms with Crippen LogP contribution in [0.5, 0.6) is 0 Å². The first-order valence-corrected chi connectivity index (χ1v) is 4.62. The number of hydrogen-bond donors (Lipinski definition) is 0. The molecular weight excluding hydrogens is 152 g/mol. The van der Waals surface area contributed by atoms with Gasteiger partial charge in [-0.05, 0) is 32.2 Å². The molecule has 0 N–H and O–H groups in total. The van der Waals surface area contributed by atoms with Crippen LogP contribution in [0, 0.1) is 5.92 Å². The first-order valence-electron chi connectivity index (χ1n) is 4.62. The molecule has 0 aromatic carbocycles. The van der Waals surface area contributed by atoms with Gasteiger partial charge in [0.15, 0.2) is 0 Å². The molecule has 2 rings (SSSR count). The van der Waals surface area contributed by atoms with E-state index < -0.39 is 0 Å². The Morgan fingerprint density at radius 2 is 2.42 bits per heavy atom. The minimum absolute atomic E-state index is 0.228. The number of rotatable bonds is 1. The summed E-state index contributed by atoms with van der Waals surface area (Å²) in [4.78, 5) is 16.3. The van der Waals surface area contributed by atoms with Crippen molar-refractivity contribution in [3.8, 4) is 0 Å². The molecule has 0 amide bonds. The lowest BCUT2D eigenvalue weighted by Gasteiger charge is -2.33. The van der Waals surface area contributed by atoms with Crippen LogP contribution in [0.1, 0.15) is 19.8 Å². The average molecular weight is 166 g/mol. The number of piperidine rings is 1. The SMILES string of the molecule is CC1C2CCN1CC(N=C=O)C2. The fourth-order valence-electron chi connectivity index (χ4n) is 2.51. The van der Waals surface area contributed by atoms with E-state index in [0.29, 0.717) is 6.04 Å². The molecule has 0 aromatic rings. The van der Waals surface area contributed by atoms with E-state index in [4.69, 9.17) is 0 Å². The summed E-state index contributed by atoms with van der Waals surface area (Å²) >= 11 is 0. The Labute approximate surface area is 72.5 Å². The largest absolute Gasteiger partial charge is 0.298 e. The fourth-order valence-corrected chi connectivity index (χ4v) is 2.51. The quantitative estimate of drug-likeness (QED) is 0.426. The molecule has 2 heterocycles. The molecule has 4 unspecified atom stereocenters. The van der Waals surface area contributed by atoms with Crippen molar-refractivity contribution in [3.63, 3.8) is 0 Å². The molecule has 2 bridgehead atoms. The minimum Gasteiger partial charge on any atom is -0.298 e. The standard InChI is InChI=1S/C9H14N2O/c1-7-8-2-3-11(7)5-9(4-8)10-6-12/h7-9H,2-5H2,1H3. The van der Waals surface area contributed by atoms with Crippen LogP contribution in [0.3, 0.4) is 0 Å². The zero-order valence-corrected chi connectivity index (χ0v) is 7.36. The highest BCUT2D eigenvalue weighted by atomic mass is 16.1. The molecule has 0 aromatic heterocycles. The van der Waals surface area contributed by atoms with E-state index in [1.54, 1.807) is 6.08 Å². The van der Waals surface area contributed by atoms with Crippen LogP contribution in [0.25, 0.3) is 0 Å². The second kappa shape index (κ2) is 3.00. The van der Waals surface area contributed by atoms with Crippen LogP contribution < -0.4 is 0 Å². The molecule has 3 nitrogen and oxygen atoms in total. The lowest BCUT2D eigenvalue weighted by Crippen LogP contribution is -2.41. The van der Waals surface area contributed by atoms with Gasteiger partial charge in [0.05, 0.1) is 6.04 Å². The van der Waals surface area contributed by atoms with E-state index in [9.17, 15) is 4.79 Å². The summed E-state index contributed by atoms with van der Waals surface area (Å²) in [5, 5.41) is 0. The normalized spacial score (nSPS) is 45.4. The van der Waals surface area contributed by atoms with Crippen LogP contribution >= 0.6 is 0 Å². The number of hydrogen-bond acceptors (Lipinski definition) is 3. The maximum Gasteiger partial charge on any atom is 0.235 e. The van der Waals surface area contributed by atoms with Crippen molar-refractivity contribution in [2.24, 2.45) is 10.9 Å². The second-order valence-electron chi connectivity index (χ2n) is 3.89. The Kier molecular flexibility index (Phi) is 1.99. The van der Waals surface area contributed by atoms with Crippen molar-refractivity contribution < 1.29 is 4.79 Å². The van der Waals surface area contributed by atoms with Crippen LogP contribution in [0.15, 0.2) is 4.99 Å². The predicted molar refractivity (Wildman–Crippen MR) is 45.7 cm³/mol. The lowest BCUT2D eigenvalue weighted by atomic mass is 9.91. The summed E-state index contributed by atoms with van der Waals surface area (Å²) in [7, 11) is 0. The van der Waals surface area contributed by atoms with Gasteiger partial charge in [0.1, 0.15) is 0 Å². The van der Waals surface area contributed by atoms with Gasteiger partial charge in [0.25, 0.3) is 0 Å². The highest BCUT2D eigenvalue weighted by Gasteiger charge is 2.38. The van der Waals surface area contributed by atoms with Crippen molar-refractivity contribution in [2.45, 2.75) is 31.8 Å². The molecule has 2 fully saturated rings. The van der Waals surface area contributed by atoms with Gasteiger partial charge in [-0.3, -0.25) is 4.90 Å². The molecule has 2 saturated heterocycles. The summed E-state index contributed by atoms with van der Waals surface area (Å²) in [6, 6.07) is 0.939.